The lowest BCUT2D eigenvalue weighted by Crippen LogP contribution is -2.36. The van der Waals surface area contributed by atoms with E-state index in [1.807, 2.05) is 12.4 Å². The Hall–Kier alpha value is -3.22. The molecule has 0 atom stereocenters. The summed E-state index contributed by atoms with van der Waals surface area (Å²) in [6, 6.07) is 17.3. The van der Waals surface area contributed by atoms with Gasteiger partial charge in [-0.05, 0) is 55.6 Å². The summed E-state index contributed by atoms with van der Waals surface area (Å²) in [6.07, 6.45) is 5.87. The molecule has 3 aromatic heterocycles. The van der Waals surface area contributed by atoms with E-state index in [1.54, 1.807) is 0 Å². The maximum atomic E-state index is 5.60. The number of ether oxygens (including phenoxy) is 1. The standard InChI is InChI=1S/C26H29N5O/c1-29(2)18-21-4-3-5-22(16-21)24-17-25-23(26(28-24)30-12-14-32-15-13-30)8-11-31(25)19-20-6-9-27-10-7-20/h3-11,16-17H,12-15,18-19H2,1-2H3. The molecule has 1 fully saturated rings. The van der Waals surface area contributed by atoms with Gasteiger partial charge in [-0.3, -0.25) is 4.98 Å². The van der Waals surface area contributed by atoms with Crippen LogP contribution in [0.4, 0.5) is 5.82 Å². The average molecular weight is 428 g/mol. The van der Waals surface area contributed by atoms with Gasteiger partial charge in [-0.15, -0.1) is 0 Å². The van der Waals surface area contributed by atoms with E-state index >= 15 is 0 Å². The van der Waals surface area contributed by atoms with E-state index in [2.05, 4.69) is 88.2 Å². The Balaban J connectivity index is 1.61. The normalized spacial score (nSPS) is 14.4. The number of rotatable bonds is 6. The SMILES string of the molecule is CN(C)Cc1cccc(-c2cc3c(ccn3Cc3ccncc3)c(N3CCOCC3)n2)c1. The summed E-state index contributed by atoms with van der Waals surface area (Å²) in [7, 11) is 4.19. The van der Waals surface area contributed by atoms with Crippen molar-refractivity contribution in [2.24, 2.45) is 0 Å². The fraction of sp³-hybridized carbons (Fsp3) is 0.308. The van der Waals surface area contributed by atoms with Crippen LogP contribution in [0.3, 0.4) is 0 Å². The fourth-order valence-corrected chi connectivity index (χ4v) is 4.35. The monoisotopic (exact) mass is 427 g/mol. The van der Waals surface area contributed by atoms with Gasteiger partial charge in [0.05, 0.1) is 24.4 Å². The summed E-state index contributed by atoms with van der Waals surface area (Å²) >= 11 is 0. The zero-order valence-electron chi connectivity index (χ0n) is 18.7. The molecule has 0 aliphatic carbocycles. The minimum atomic E-state index is 0.740. The van der Waals surface area contributed by atoms with Crippen LogP contribution >= 0.6 is 0 Å². The van der Waals surface area contributed by atoms with E-state index in [4.69, 9.17) is 9.72 Å². The number of pyridine rings is 2. The van der Waals surface area contributed by atoms with E-state index < -0.39 is 0 Å². The van der Waals surface area contributed by atoms with E-state index in [9.17, 15) is 0 Å². The minimum absolute atomic E-state index is 0.740. The molecule has 5 rings (SSSR count). The van der Waals surface area contributed by atoms with E-state index in [0.29, 0.717) is 0 Å². The molecule has 0 unspecified atom stereocenters. The number of anilines is 1. The summed E-state index contributed by atoms with van der Waals surface area (Å²) in [5.74, 6) is 1.05. The van der Waals surface area contributed by atoms with Crippen molar-refractivity contribution in [1.82, 2.24) is 19.4 Å². The van der Waals surface area contributed by atoms with Crippen LogP contribution < -0.4 is 4.90 Å². The van der Waals surface area contributed by atoms with Gasteiger partial charge in [-0.25, -0.2) is 4.98 Å². The molecule has 6 nitrogen and oxygen atoms in total. The number of benzene rings is 1. The highest BCUT2D eigenvalue weighted by Gasteiger charge is 2.19. The molecule has 1 aliphatic heterocycles. The molecule has 0 amide bonds. The van der Waals surface area contributed by atoms with Crippen molar-refractivity contribution < 1.29 is 4.74 Å². The van der Waals surface area contributed by atoms with Crippen molar-refractivity contribution in [3.63, 3.8) is 0 Å². The lowest BCUT2D eigenvalue weighted by atomic mass is 10.1. The summed E-state index contributed by atoms with van der Waals surface area (Å²) < 4.78 is 7.91. The average Bonchev–Trinajstić information content (AvgIpc) is 3.22. The van der Waals surface area contributed by atoms with Gasteiger partial charge < -0.3 is 19.1 Å². The van der Waals surface area contributed by atoms with Crippen LogP contribution in [0.5, 0.6) is 0 Å². The molecule has 164 valence electrons. The first-order chi connectivity index (χ1) is 15.7. The number of morpholine rings is 1. The van der Waals surface area contributed by atoms with Crippen LogP contribution in [0.25, 0.3) is 22.2 Å². The Kier molecular flexibility index (Phi) is 5.88. The van der Waals surface area contributed by atoms with Gasteiger partial charge in [0.1, 0.15) is 5.82 Å². The van der Waals surface area contributed by atoms with Crippen molar-refractivity contribution in [2.45, 2.75) is 13.1 Å². The summed E-state index contributed by atoms with van der Waals surface area (Å²) in [5, 5.41) is 1.19. The minimum Gasteiger partial charge on any atom is -0.378 e. The van der Waals surface area contributed by atoms with E-state index in [1.165, 1.54) is 22.0 Å². The third-order valence-electron chi connectivity index (χ3n) is 5.88. The second kappa shape index (κ2) is 9.10. The highest BCUT2D eigenvalue weighted by Crippen LogP contribution is 2.32. The number of fused-ring (bicyclic) bond motifs is 1. The molecular weight excluding hydrogens is 398 g/mol. The quantitative estimate of drug-likeness (QED) is 0.465. The van der Waals surface area contributed by atoms with Crippen LogP contribution in [0.15, 0.2) is 67.1 Å². The maximum absolute atomic E-state index is 5.60. The highest BCUT2D eigenvalue weighted by molar-refractivity contribution is 5.93. The smallest absolute Gasteiger partial charge is 0.138 e. The zero-order valence-corrected chi connectivity index (χ0v) is 18.7. The van der Waals surface area contributed by atoms with E-state index in [-0.39, 0.29) is 0 Å². The number of hydrogen-bond acceptors (Lipinski definition) is 5. The third-order valence-corrected chi connectivity index (χ3v) is 5.88. The Labute approximate surface area is 189 Å². The zero-order chi connectivity index (χ0) is 21.9. The Bertz CT molecular complexity index is 1200. The van der Waals surface area contributed by atoms with Gasteiger partial charge in [-0.2, -0.15) is 0 Å². The first-order valence-electron chi connectivity index (χ1n) is 11.1. The van der Waals surface area contributed by atoms with Crippen molar-refractivity contribution in [3.8, 4) is 11.3 Å². The third kappa shape index (κ3) is 4.38. The van der Waals surface area contributed by atoms with Gasteiger partial charge in [0.25, 0.3) is 0 Å². The molecule has 0 bridgehead atoms. The summed E-state index contributed by atoms with van der Waals surface area (Å²) in [4.78, 5) is 13.9. The molecular formula is C26H29N5O. The largest absolute Gasteiger partial charge is 0.378 e. The first kappa shape index (κ1) is 20.7. The lowest BCUT2D eigenvalue weighted by Gasteiger charge is -2.29. The molecule has 1 aliphatic rings. The molecule has 1 saturated heterocycles. The number of nitrogens with zero attached hydrogens (tertiary/aromatic N) is 5. The van der Waals surface area contributed by atoms with Crippen LogP contribution in [-0.2, 0) is 17.8 Å². The van der Waals surface area contributed by atoms with Crippen molar-refractivity contribution in [1.29, 1.82) is 0 Å². The molecule has 0 saturated carbocycles. The molecule has 6 heteroatoms. The first-order valence-corrected chi connectivity index (χ1v) is 11.1. The lowest BCUT2D eigenvalue weighted by molar-refractivity contribution is 0.122. The van der Waals surface area contributed by atoms with Crippen molar-refractivity contribution >= 4 is 16.7 Å². The number of aromatic nitrogens is 3. The number of hydrogen-bond donors (Lipinski definition) is 0. The molecule has 1 aromatic carbocycles. The Morgan fingerprint density at radius 2 is 1.78 bits per heavy atom. The van der Waals surface area contributed by atoms with Gasteiger partial charge in [0.2, 0.25) is 0 Å². The van der Waals surface area contributed by atoms with Crippen molar-refractivity contribution in [3.05, 3.63) is 78.2 Å². The summed E-state index contributed by atoms with van der Waals surface area (Å²) in [5.41, 5.74) is 5.88. The molecule has 0 radical (unpaired) electrons. The molecule has 0 N–H and O–H groups in total. The molecule has 4 aromatic rings. The Morgan fingerprint density at radius 1 is 0.969 bits per heavy atom. The van der Waals surface area contributed by atoms with Crippen molar-refractivity contribution in [2.75, 3.05) is 45.3 Å². The predicted molar refractivity (Wildman–Crippen MR) is 129 cm³/mol. The molecule has 0 spiro atoms. The maximum Gasteiger partial charge on any atom is 0.138 e. The van der Waals surface area contributed by atoms with Crippen LogP contribution in [0.2, 0.25) is 0 Å². The predicted octanol–water partition coefficient (Wildman–Crippen LogP) is 4.04. The fourth-order valence-electron chi connectivity index (χ4n) is 4.35. The topological polar surface area (TPSA) is 46.4 Å². The van der Waals surface area contributed by atoms with Crippen LogP contribution in [0.1, 0.15) is 11.1 Å². The Morgan fingerprint density at radius 3 is 2.56 bits per heavy atom. The second-order valence-electron chi connectivity index (χ2n) is 8.60. The molecule has 4 heterocycles. The van der Waals surface area contributed by atoms with Crippen LogP contribution in [-0.4, -0.2) is 59.8 Å². The summed E-state index contributed by atoms with van der Waals surface area (Å²) in [6.45, 7) is 4.92. The van der Waals surface area contributed by atoms with Gasteiger partial charge in [0.15, 0.2) is 0 Å². The van der Waals surface area contributed by atoms with Gasteiger partial charge in [0, 0.05) is 55.7 Å². The second-order valence-corrected chi connectivity index (χ2v) is 8.60. The van der Waals surface area contributed by atoms with E-state index in [0.717, 1.165) is 56.5 Å². The van der Waals surface area contributed by atoms with Gasteiger partial charge in [-0.1, -0.05) is 18.2 Å². The van der Waals surface area contributed by atoms with Crippen LogP contribution in [0, 0.1) is 0 Å². The highest BCUT2D eigenvalue weighted by atomic mass is 16.5. The molecule has 32 heavy (non-hydrogen) atoms. The van der Waals surface area contributed by atoms with Gasteiger partial charge >= 0.3 is 0 Å².